The highest BCUT2D eigenvalue weighted by molar-refractivity contribution is 5.93. The second kappa shape index (κ2) is 17.7. The van der Waals surface area contributed by atoms with Crippen LogP contribution in [0.3, 0.4) is 0 Å². The number of hydrogen-bond donors (Lipinski definition) is 3. The van der Waals surface area contributed by atoms with Crippen molar-refractivity contribution in [2.45, 2.75) is 84.1 Å². The minimum Gasteiger partial charge on any atom is -0.373 e. The van der Waals surface area contributed by atoms with E-state index >= 15 is 0 Å². The van der Waals surface area contributed by atoms with E-state index in [0.29, 0.717) is 32.5 Å². The molecule has 0 aromatic heterocycles. The van der Waals surface area contributed by atoms with Gasteiger partial charge in [0, 0.05) is 32.0 Å². The fourth-order valence-electron chi connectivity index (χ4n) is 5.98. The number of rotatable bonds is 17. The van der Waals surface area contributed by atoms with Gasteiger partial charge in [0.05, 0.1) is 12.7 Å². The Kier molecular flexibility index (Phi) is 13.4. The van der Waals surface area contributed by atoms with Gasteiger partial charge < -0.3 is 25.6 Å². The van der Waals surface area contributed by atoms with Gasteiger partial charge in [0.15, 0.2) is 0 Å². The van der Waals surface area contributed by atoms with E-state index in [1.807, 2.05) is 69.3 Å². The van der Waals surface area contributed by atoms with Crippen molar-refractivity contribution in [2.24, 2.45) is 5.92 Å². The zero-order chi connectivity index (χ0) is 32.0. The molecule has 3 atom stereocenters. The van der Waals surface area contributed by atoms with Gasteiger partial charge in [-0.15, -0.1) is 0 Å². The molecule has 3 N–H and O–H groups in total. The number of nitrogens with one attached hydrogen (secondary N) is 3. The van der Waals surface area contributed by atoms with Gasteiger partial charge in [0.1, 0.15) is 12.1 Å². The van der Waals surface area contributed by atoms with Crippen LogP contribution in [0.1, 0.15) is 64.0 Å². The quantitative estimate of drug-likeness (QED) is 0.186. The van der Waals surface area contributed by atoms with E-state index in [4.69, 9.17) is 4.74 Å². The summed E-state index contributed by atoms with van der Waals surface area (Å²) < 4.78 is 5.92. The molecule has 1 heterocycles. The number of ether oxygens (including phenoxy) is 1. The number of carbonyl (C=O) groups is 3. The first-order chi connectivity index (χ1) is 21.9. The highest BCUT2D eigenvalue weighted by atomic mass is 16.5. The summed E-state index contributed by atoms with van der Waals surface area (Å²) in [7, 11) is 0. The van der Waals surface area contributed by atoms with Gasteiger partial charge >= 0.3 is 0 Å². The fourth-order valence-corrected chi connectivity index (χ4v) is 5.98. The Labute approximate surface area is 268 Å². The molecule has 4 rings (SSSR count). The van der Waals surface area contributed by atoms with Crippen LogP contribution in [0.2, 0.25) is 0 Å². The highest BCUT2D eigenvalue weighted by Gasteiger charge is 2.37. The first-order valence-corrected chi connectivity index (χ1v) is 16.6. The number of hydrogen-bond acceptors (Lipinski definition) is 5. The molecule has 242 valence electrons. The summed E-state index contributed by atoms with van der Waals surface area (Å²) in [5, 5.41) is 11.7. The number of amides is 3. The Morgan fingerprint density at radius 3 is 2.40 bits per heavy atom. The molecule has 0 radical (unpaired) electrons. The van der Waals surface area contributed by atoms with Crippen molar-refractivity contribution in [3.05, 3.63) is 83.9 Å². The molecule has 1 fully saturated rings. The molecular weight excluding hydrogens is 564 g/mol. The monoisotopic (exact) mass is 614 g/mol. The van der Waals surface area contributed by atoms with Crippen molar-refractivity contribution in [1.82, 2.24) is 20.9 Å². The van der Waals surface area contributed by atoms with E-state index in [1.54, 1.807) is 4.90 Å². The van der Waals surface area contributed by atoms with Gasteiger partial charge in [-0.1, -0.05) is 86.6 Å². The summed E-state index contributed by atoms with van der Waals surface area (Å²) in [6.45, 7) is 9.16. The largest absolute Gasteiger partial charge is 0.373 e. The van der Waals surface area contributed by atoms with Crippen LogP contribution in [0.4, 0.5) is 0 Å². The fraction of sp³-hybridized carbons (Fsp3) is 0.486. The van der Waals surface area contributed by atoms with Crippen molar-refractivity contribution in [2.75, 3.05) is 26.2 Å². The summed E-state index contributed by atoms with van der Waals surface area (Å²) in [4.78, 5) is 42.0. The van der Waals surface area contributed by atoms with Crippen molar-refractivity contribution in [3.63, 3.8) is 0 Å². The van der Waals surface area contributed by atoms with Crippen molar-refractivity contribution >= 4 is 28.5 Å². The molecule has 3 amide bonds. The van der Waals surface area contributed by atoms with Crippen LogP contribution in [0, 0.1) is 5.92 Å². The minimum atomic E-state index is -0.747. The molecule has 8 heteroatoms. The summed E-state index contributed by atoms with van der Waals surface area (Å²) >= 11 is 0. The van der Waals surface area contributed by atoms with E-state index in [2.05, 4.69) is 40.2 Å². The van der Waals surface area contributed by atoms with Crippen molar-refractivity contribution < 1.29 is 19.1 Å². The average molecular weight is 615 g/mol. The number of benzene rings is 3. The second-order valence-corrected chi connectivity index (χ2v) is 12.1. The molecule has 0 bridgehead atoms. The summed E-state index contributed by atoms with van der Waals surface area (Å²) in [5.41, 5.74) is 2.12. The second-order valence-electron chi connectivity index (χ2n) is 12.1. The third kappa shape index (κ3) is 10.1. The molecule has 1 aliphatic rings. The van der Waals surface area contributed by atoms with E-state index in [1.165, 1.54) is 0 Å². The standard InChI is InChI=1S/C37H50N4O4/c1-4-30(5-2)37(44)41-22-11-17-34(41)36(43)40-33(24-29-18-19-31-15-9-10-16-32(31)23-29)35(42)39-21-12-20-38-25-27(3)45-26-28-13-7-6-8-14-28/h6-10,13-16,18-19,23,27,30,33-34,38H,4-5,11-12,17,20-22,24-26H2,1-3H3,(H,39,42)(H,40,43)/t27-,33-,34?/m1/s1. The maximum atomic E-state index is 13.6. The first kappa shape index (κ1) is 34.1. The van der Waals surface area contributed by atoms with Crippen LogP contribution < -0.4 is 16.0 Å². The maximum absolute atomic E-state index is 13.6. The van der Waals surface area contributed by atoms with E-state index in [-0.39, 0.29) is 29.7 Å². The molecule has 45 heavy (non-hydrogen) atoms. The third-order valence-corrected chi connectivity index (χ3v) is 8.70. The molecular formula is C37H50N4O4. The molecule has 1 aliphatic heterocycles. The number of nitrogens with zero attached hydrogens (tertiary/aromatic N) is 1. The molecule has 0 aliphatic carbocycles. The van der Waals surface area contributed by atoms with Crippen LogP contribution in [-0.4, -0.2) is 67.0 Å². The molecule has 3 aromatic carbocycles. The van der Waals surface area contributed by atoms with Crippen LogP contribution in [0.15, 0.2) is 72.8 Å². The molecule has 3 aromatic rings. The Morgan fingerprint density at radius 2 is 1.64 bits per heavy atom. The zero-order valence-electron chi connectivity index (χ0n) is 27.1. The smallest absolute Gasteiger partial charge is 0.243 e. The summed E-state index contributed by atoms with van der Waals surface area (Å²) in [5.74, 6) is -0.506. The predicted octanol–water partition coefficient (Wildman–Crippen LogP) is 5.00. The Bertz CT molecular complexity index is 1380. The number of fused-ring (bicyclic) bond motifs is 1. The van der Waals surface area contributed by atoms with Gasteiger partial charge in [-0.3, -0.25) is 14.4 Å². The number of carbonyl (C=O) groups excluding carboxylic acids is 3. The van der Waals surface area contributed by atoms with Gasteiger partial charge in [0.25, 0.3) is 0 Å². The van der Waals surface area contributed by atoms with Crippen molar-refractivity contribution in [3.8, 4) is 0 Å². The van der Waals surface area contributed by atoms with Gasteiger partial charge in [0.2, 0.25) is 17.7 Å². The van der Waals surface area contributed by atoms with E-state index < -0.39 is 12.1 Å². The minimum absolute atomic E-state index is 0.0421. The van der Waals surface area contributed by atoms with E-state index in [0.717, 1.165) is 60.7 Å². The Hall–Kier alpha value is -3.75. The molecule has 0 spiro atoms. The lowest BCUT2D eigenvalue weighted by Gasteiger charge is -2.29. The average Bonchev–Trinajstić information content (AvgIpc) is 3.56. The maximum Gasteiger partial charge on any atom is 0.243 e. The molecule has 1 unspecified atom stereocenters. The van der Waals surface area contributed by atoms with E-state index in [9.17, 15) is 14.4 Å². The third-order valence-electron chi connectivity index (χ3n) is 8.70. The zero-order valence-corrected chi connectivity index (χ0v) is 27.1. The summed E-state index contributed by atoms with van der Waals surface area (Å²) in [6.07, 6.45) is 4.07. The van der Waals surface area contributed by atoms with Crippen LogP contribution in [-0.2, 0) is 32.1 Å². The molecule has 0 saturated carbocycles. The van der Waals surface area contributed by atoms with Gasteiger partial charge in [-0.2, -0.15) is 0 Å². The van der Waals surface area contributed by atoms with Crippen LogP contribution in [0.25, 0.3) is 10.8 Å². The Balaban J connectivity index is 1.31. The lowest BCUT2D eigenvalue weighted by Crippen LogP contribution is -2.54. The lowest BCUT2D eigenvalue weighted by atomic mass is 10.00. The summed E-state index contributed by atoms with van der Waals surface area (Å²) in [6, 6.07) is 23.1. The topological polar surface area (TPSA) is 99.8 Å². The van der Waals surface area contributed by atoms with Crippen LogP contribution >= 0.6 is 0 Å². The molecule has 8 nitrogen and oxygen atoms in total. The highest BCUT2D eigenvalue weighted by Crippen LogP contribution is 2.23. The van der Waals surface area contributed by atoms with Gasteiger partial charge in [-0.05, 0) is 67.5 Å². The SMILES string of the molecule is CCC(CC)C(=O)N1CCCC1C(=O)N[C@H](Cc1ccc2ccccc2c1)C(=O)NCCCNC[C@@H](C)OCc1ccccc1. The predicted molar refractivity (Wildman–Crippen MR) is 180 cm³/mol. The Morgan fingerprint density at radius 1 is 0.911 bits per heavy atom. The normalized spacial score (nSPS) is 16.1. The molecule has 1 saturated heterocycles. The van der Waals surface area contributed by atoms with Gasteiger partial charge in [-0.25, -0.2) is 0 Å². The van der Waals surface area contributed by atoms with Crippen LogP contribution in [0.5, 0.6) is 0 Å². The first-order valence-electron chi connectivity index (χ1n) is 16.6. The van der Waals surface area contributed by atoms with Crippen molar-refractivity contribution in [1.29, 1.82) is 0 Å². The lowest BCUT2D eigenvalue weighted by molar-refractivity contribution is -0.142. The number of likely N-dealkylation sites (tertiary alicyclic amines) is 1.